The number of benzene rings is 1. The predicted molar refractivity (Wildman–Crippen MR) is 71.6 cm³/mol. The molecule has 102 valence electrons. The van der Waals surface area contributed by atoms with Crippen LogP contribution in [0.15, 0.2) is 30.3 Å². The molecular formula is C11H20O5Si2. The van der Waals surface area contributed by atoms with Crippen LogP contribution in [-0.2, 0) is 15.6 Å². The highest BCUT2D eigenvalue weighted by Crippen LogP contribution is 2.17. The summed E-state index contributed by atoms with van der Waals surface area (Å²) in [5.41, 5.74) is 1.26. The van der Waals surface area contributed by atoms with Gasteiger partial charge in [0, 0.05) is 0 Å². The van der Waals surface area contributed by atoms with E-state index in [0.29, 0.717) is 0 Å². The molecule has 0 atom stereocenters. The van der Waals surface area contributed by atoms with Crippen molar-refractivity contribution in [2.45, 2.75) is 32.0 Å². The molecule has 0 aromatic heterocycles. The summed E-state index contributed by atoms with van der Waals surface area (Å²) in [5, 5.41) is 0. The first-order chi connectivity index (χ1) is 8.29. The Labute approximate surface area is 109 Å². The Kier molecular flexibility index (Phi) is 5.66. The van der Waals surface area contributed by atoms with Gasteiger partial charge in [0.1, 0.15) is 0 Å². The lowest BCUT2D eigenvalue weighted by Gasteiger charge is -2.22. The zero-order valence-corrected chi connectivity index (χ0v) is 12.7. The Balaban J connectivity index is 2.29. The van der Waals surface area contributed by atoms with E-state index in [1.54, 1.807) is 0 Å². The van der Waals surface area contributed by atoms with Gasteiger partial charge in [0.15, 0.2) is 0 Å². The summed E-state index contributed by atoms with van der Waals surface area (Å²) in [6, 6.07) is 10.9. The molecule has 3 N–H and O–H groups in total. The summed E-state index contributed by atoms with van der Waals surface area (Å²) >= 11 is 0. The molecule has 0 aliphatic carbocycles. The Morgan fingerprint density at radius 3 is 2.17 bits per heavy atom. The van der Waals surface area contributed by atoms with Crippen molar-refractivity contribution in [1.29, 1.82) is 0 Å². The van der Waals surface area contributed by atoms with Crippen molar-refractivity contribution in [2.24, 2.45) is 0 Å². The summed E-state index contributed by atoms with van der Waals surface area (Å²) in [4.78, 5) is 26.1. The SMILES string of the molecule is C[Si](C)(CCCc1ccccc1)OO[Si](O)(O)O. The van der Waals surface area contributed by atoms with Crippen LogP contribution < -0.4 is 0 Å². The third-order valence-electron chi connectivity index (χ3n) is 2.47. The highest BCUT2D eigenvalue weighted by atomic mass is 28.4. The van der Waals surface area contributed by atoms with Crippen LogP contribution in [-0.4, -0.2) is 31.8 Å². The van der Waals surface area contributed by atoms with Crippen LogP contribution in [0.1, 0.15) is 12.0 Å². The maximum absolute atomic E-state index is 8.71. The number of rotatable bonds is 7. The molecule has 5 nitrogen and oxygen atoms in total. The fraction of sp³-hybridized carbons (Fsp3) is 0.455. The van der Waals surface area contributed by atoms with Crippen molar-refractivity contribution in [3.63, 3.8) is 0 Å². The first kappa shape index (κ1) is 15.5. The minimum atomic E-state index is -4.56. The smallest absolute Gasteiger partial charge is 0.366 e. The average Bonchev–Trinajstić information content (AvgIpc) is 2.27. The molecule has 18 heavy (non-hydrogen) atoms. The van der Waals surface area contributed by atoms with E-state index in [1.807, 2.05) is 31.3 Å². The fourth-order valence-electron chi connectivity index (χ4n) is 1.57. The van der Waals surface area contributed by atoms with Gasteiger partial charge in [-0.2, -0.15) is 0 Å². The molecule has 0 unspecified atom stereocenters. The molecule has 1 aromatic rings. The van der Waals surface area contributed by atoms with Crippen LogP contribution in [0.4, 0.5) is 0 Å². The lowest BCUT2D eigenvalue weighted by Crippen LogP contribution is -2.44. The summed E-state index contributed by atoms with van der Waals surface area (Å²) in [6.45, 7) is 3.80. The lowest BCUT2D eigenvalue weighted by atomic mass is 10.1. The average molecular weight is 288 g/mol. The molecule has 0 spiro atoms. The molecule has 1 aromatic carbocycles. The molecule has 7 heteroatoms. The van der Waals surface area contributed by atoms with E-state index in [9.17, 15) is 0 Å². The Hall–Kier alpha value is -0.546. The van der Waals surface area contributed by atoms with Crippen molar-refractivity contribution < 1.29 is 23.5 Å². The van der Waals surface area contributed by atoms with Gasteiger partial charge in [-0.15, -0.1) is 0 Å². The molecule has 0 aliphatic rings. The van der Waals surface area contributed by atoms with Crippen molar-refractivity contribution in [1.82, 2.24) is 0 Å². The minimum Gasteiger partial charge on any atom is -0.366 e. The quantitative estimate of drug-likeness (QED) is 0.399. The van der Waals surface area contributed by atoms with E-state index in [0.717, 1.165) is 18.9 Å². The third-order valence-corrected chi connectivity index (χ3v) is 5.03. The second kappa shape index (κ2) is 6.57. The van der Waals surface area contributed by atoms with Gasteiger partial charge in [-0.05, 0) is 37.5 Å². The molecule has 0 saturated heterocycles. The first-order valence-electron chi connectivity index (χ1n) is 5.86. The van der Waals surface area contributed by atoms with Crippen LogP contribution in [0.3, 0.4) is 0 Å². The van der Waals surface area contributed by atoms with Gasteiger partial charge in [0.05, 0.1) is 0 Å². The summed E-state index contributed by atoms with van der Waals surface area (Å²) in [5.74, 6) is 0. The Morgan fingerprint density at radius 2 is 1.61 bits per heavy atom. The van der Waals surface area contributed by atoms with Gasteiger partial charge in [0.25, 0.3) is 0 Å². The number of aryl methyl sites for hydroxylation is 1. The van der Waals surface area contributed by atoms with Crippen LogP contribution in [0.2, 0.25) is 19.1 Å². The Bertz CT molecular complexity index is 350. The van der Waals surface area contributed by atoms with E-state index >= 15 is 0 Å². The molecule has 0 amide bonds. The molecule has 0 heterocycles. The minimum absolute atomic E-state index is 0.812. The van der Waals surface area contributed by atoms with Crippen LogP contribution >= 0.6 is 0 Å². The second-order valence-electron chi connectivity index (χ2n) is 4.84. The topological polar surface area (TPSA) is 79.2 Å². The van der Waals surface area contributed by atoms with E-state index in [-0.39, 0.29) is 0 Å². The monoisotopic (exact) mass is 288 g/mol. The first-order valence-corrected chi connectivity index (χ1v) is 10.7. The van der Waals surface area contributed by atoms with Gasteiger partial charge >= 0.3 is 9.05 Å². The van der Waals surface area contributed by atoms with Gasteiger partial charge in [0.2, 0.25) is 8.32 Å². The molecule has 1 rings (SSSR count). The van der Waals surface area contributed by atoms with Gasteiger partial charge < -0.3 is 14.4 Å². The van der Waals surface area contributed by atoms with Crippen molar-refractivity contribution in [2.75, 3.05) is 0 Å². The van der Waals surface area contributed by atoms with E-state index < -0.39 is 17.4 Å². The largest absolute Gasteiger partial charge is 0.698 e. The lowest BCUT2D eigenvalue weighted by molar-refractivity contribution is -0.188. The molecular weight excluding hydrogens is 268 g/mol. The van der Waals surface area contributed by atoms with Crippen LogP contribution in [0, 0.1) is 0 Å². The maximum Gasteiger partial charge on any atom is 0.698 e. The summed E-state index contributed by atoms with van der Waals surface area (Å²) < 4.78 is 9.25. The summed E-state index contributed by atoms with van der Waals surface area (Å²) in [7, 11) is -6.69. The predicted octanol–water partition coefficient (Wildman–Crippen LogP) is 1.18. The van der Waals surface area contributed by atoms with E-state index in [4.69, 9.17) is 19.0 Å². The van der Waals surface area contributed by atoms with Gasteiger partial charge in [-0.3, -0.25) is 4.58 Å². The van der Waals surface area contributed by atoms with Crippen molar-refractivity contribution >= 4 is 17.4 Å². The van der Waals surface area contributed by atoms with Crippen LogP contribution in [0.25, 0.3) is 0 Å². The number of hydrogen-bond donors (Lipinski definition) is 3. The summed E-state index contributed by atoms with van der Waals surface area (Å²) in [6.07, 6.45) is 1.88. The zero-order chi connectivity index (χ0) is 13.6. The zero-order valence-electron chi connectivity index (χ0n) is 10.7. The molecule has 0 saturated carbocycles. The fourth-order valence-corrected chi connectivity index (χ4v) is 4.03. The number of hydrogen-bond acceptors (Lipinski definition) is 5. The third kappa shape index (κ3) is 7.01. The van der Waals surface area contributed by atoms with Crippen molar-refractivity contribution in [3.05, 3.63) is 35.9 Å². The van der Waals surface area contributed by atoms with Crippen molar-refractivity contribution in [3.8, 4) is 0 Å². The molecule has 0 radical (unpaired) electrons. The molecule has 0 aliphatic heterocycles. The normalized spacial score (nSPS) is 12.7. The van der Waals surface area contributed by atoms with Crippen LogP contribution in [0.5, 0.6) is 0 Å². The van der Waals surface area contributed by atoms with E-state index in [1.165, 1.54) is 5.56 Å². The van der Waals surface area contributed by atoms with Gasteiger partial charge in [-0.25, -0.2) is 4.58 Å². The highest BCUT2D eigenvalue weighted by Gasteiger charge is 2.36. The highest BCUT2D eigenvalue weighted by molar-refractivity contribution is 6.71. The Morgan fingerprint density at radius 1 is 1.00 bits per heavy atom. The standard InChI is InChI=1S/C11H20O5Si2/c1-17(2,15-16-18(12,13)14)10-6-9-11-7-4-3-5-8-11/h3-5,7-8,12-14H,6,9-10H2,1-2H3. The van der Waals surface area contributed by atoms with E-state index in [2.05, 4.69) is 16.7 Å². The second-order valence-corrected chi connectivity index (χ2v) is 10.3. The van der Waals surface area contributed by atoms with Gasteiger partial charge in [-0.1, -0.05) is 30.3 Å². The molecule has 0 bridgehead atoms. The maximum atomic E-state index is 8.71. The molecule has 0 fully saturated rings.